The summed E-state index contributed by atoms with van der Waals surface area (Å²) in [6.07, 6.45) is 8.90. The molecule has 2 aliphatic heterocycles. The van der Waals surface area contributed by atoms with Crippen molar-refractivity contribution in [2.45, 2.75) is 83.0 Å². The first-order chi connectivity index (χ1) is 23.9. The van der Waals surface area contributed by atoms with Gasteiger partial charge in [-0.15, -0.1) is 0 Å². The third-order valence-corrected chi connectivity index (χ3v) is 11.0. The van der Waals surface area contributed by atoms with Gasteiger partial charge in [-0.2, -0.15) is 0 Å². The Kier molecular flexibility index (Phi) is 8.35. The molecule has 2 saturated heterocycles. The summed E-state index contributed by atoms with van der Waals surface area (Å²) in [7, 11) is 1.33. The van der Waals surface area contributed by atoms with Crippen molar-refractivity contribution >= 4 is 33.8 Å². The van der Waals surface area contributed by atoms with Gasteiger partial charge >= 0.3 is 6.09 Å². The number of alkyl carbamates (subject to hydrolysis) is 1. The van der Waals surface area contributed by atoms with Crippen LogP contribution in [0.5, 0.6) is 0 Å². The van der Waals surface area contributed by atoms with Crippen LogP contribution in [-0.4, -0.2) is 62.6 Å². The summed E-state index contributed by atoms with van der Waals surface area (Å²) in [5.74, 6) is 2.11. The molecule has 254 valence electrons. The zero-order chi connectivity index (χ0) is 33.6. The Balaban J connectivity index is 1.06. The molecule has 2 amide bonds. The van der Waals surface area contributed by atoms with E-state index in [0.29, 0.717) is 12.0 Å². The average Bonchev–Trinajstić information content (AvgIpc) is 3.94. The number of benzene rings is 3. The summed E-state index contributed by atoms with van der Waals surface area (Å²) in [5, 5.41) is 8.67. The molecular formula is C39H45N7O3. The summed E-state index contributed by atoms with van der Waals surface area (Å²) in [5.41, 5.74) is 6.23. The molecule has 3 aliphatic rings. The zero-order valence-corrected chi connectivity index (χ0v) is 28.5. The van der Waals surface area contributed by atoms with Gasteiger partial charge in [-0.3, -0.25) is 4.79 Å². The normalized spacial score (nSPS) is 22.9. The molecule has 0 unspecified atom stereocenters. The van der Waals surface area contributed by atoms with Crippen molar-refractivity contribution in [3.8, 4) is 22.4 Å². The molecular weight excluding hydrogens is 614 g/mol. The number of nitrogens with one attached hydrogen (secondary N) is 4. The topological polar surface area (TPSA) is 128 Å². The highest BCUT2D eigenvalue weighted by Gasteiger charge is 2.48. The average molecular weight is 660 g/mol. The van der Waals surface area contributed by atoms with Gasteiger partial charge in [0.2, 0.25) is 5.91 Å². The van der Waals surface area contributed by atoms with Crippen molar-refractivity contribution in [3.63, 3.8) is 0 Å². The fourth-order valence-electron chi connectivity index (χ4n) is 8.42. The SMILES string of the molecule is COC(=O)N[C@H](C(=O)N1[C@H](c2nc3ccc(-c4ccc5cc(-c6cnc([C@@H]7CCCN7)[nH]6)ccc5c4)cc3[nH]2)C[C@@H]2CCCC[C@@H]21)C(C)C. The van der Waals surface area contributed by atoms with E-state index in [1.165, 1.54) is 30.7 Å². The molecule has 5 aromatic rings. The fraction of sp³-hybridized carbons (Fsp3) is 0.436. The zero-order valence-electron chi connectivity index (χ0n) is 28.5. The lowest BCUT2D eigenvalue weighted by atomic mass is 9.84. The van der Waals surface area contributed by atoms with Crippen molar-refractivity contribution in [3.05, 3.63) is 72.4 Å². The third-order valence-electron chi connectivity index (χ3n) is 11.0. The molecule has 1 saturated carbocycles. The van der Waals surface area contributed by atoms with Crippen molar-refractivity contribution in [1.29, 1.82) is 0 Å². The van der Waals surface area contributed by atoms with E-state index in [9.17, 15) is 9.59 Å². The first-order valence-electron chi connectivity index (χ1n) is 17.9. The summed E-state index contributed by atoms with van der Waals surface area (Å²) in [4.78, 5) is 45.3. The predicted molar refractivity (Wildman–Crippen MR) is 191 cm³/mol. The maximum atomic E-state index is 14.2. The number of carbonyl (C=O) groups is 2. The van der Waals surface area contributed by atoms with Crippen LogP contribution >= 0.6 is 0 Å². The molecule has 0 radical (unpaired) electrons. The predicted octanol–water partition coefficient (Wildman–Crippen LogP) is 7.41. The molecule has 10 nitrogen and oxygen atoms in total. The third kappa shape index (κ3) is 5.96. The van der Waals surface area contributed by atoms with Gasteiger partial charge in [0.1, 0.15) is 17.7 Å². The van der Waals surface area contributed by atoms with Crippen LogP contribution in [0.3, 0.4) is 0 Å². The number of imidazole rings is 2. The van der Waals surface area contributed by atoms with Crippen molar-refractivity contribution in [1.82, 2.24) is 35.5 Å². The Hall–Kier alpha value is -4.70. The number of methoxy groups -OCH3 is 1. The van der Waals surface area contributed by atoms with Crippen molar-refractivity contribution in [2.75, 3.05) is 13.7 Å². The van der Waals surface area contributed by atoms with Crippen LogP contribution in [-0.2, 0) is 9.53 Å². The molecule has 2 aromatic heterocycles. The number of H-pyrrole nitrogens is 2. The van der Waals surface area contributed by atoms with Gasteiger partial charge in [0.25, 0.3) is 0 Å². The van der Waals surface area contributed by atoms with Gasteiger partial charge in [-0.05, 0) is 96.6 Å². The largest absolute Gasteiger partial charge is 0.453 e. The highest BCUT2D eigenvalue weighted by atomic mass is 16.5. The molecule has 4 N–H and O–H groups in total. The van der Waals surface area contributed by atoms with E-state index in [4.69, 9.17) is 9.72 Å². The Morgan fingerprint density at radius 2 is 1.65 bits per heavy atom. The molecule has 0 spiro atoms. The molecule has 3 fully saturated rings. The van der Waals surface area contributed by atoms with Crippen LogP contribution in [0.25, 0.3) is 44.2 Å². The van der Waals surface area contributed by atoms with E-state index in [1.807, 2.05) is 24.9 Å². The van der Waals surface area contributed by atoms with Crippen molar-refractivity contribution < 1.29 is 14.3 Å². The summed E-state index contributed by atoms with van der Waals surface area (Å²) >= 11 is 0. The number of hydrogen-bond donors (Lipinski definition) is 4. The van der Waals surface area contributed by atoms with Gasteiger partial charge in [-0.25, -0.2) is 14.8 Å². The lowest BCUT2D eigenvalue weighted by Crippen LogP contribution is -2.53. The van der Waals surface area contributed by atoms with E-state index >= 15 is 0 Å². The number of carbonyl (C=O) groups excluding carboxylic acids is 2. The molecule has 4 heterocycles. The van der Waals surface area contributed by atoms with Crippen LogP contribution in [0.1, 0.15) is 82.5 Å². The highest BCUT2D eigenvalue weighted by molar-refractivity contribution is 5.92. The molecule has 5 atom stereocenters. The van der Waals surface area contributed by atoms with Crippen LogP contribution < -0.4 is 10.6 Å². The highest BCUT2D eigenvalue weighted by Crippen LogP contribution is 2.46. The van der Waals surface area contributed by atoms with Crippen LogP contribution in [0.2, 0.25) is 0 Å². The van der Waals surface area contributed by atoms with E-state index in [-0.39, 0.29) is 23.9 Å². The first-order valence-corrected chi connectivity index (χ1v) is 17.9. The number of amides is 2. The summed E-state index contributed by atoms with van der Waals surface area (Å²) in [6, 6.07) is 19.1. The van der Waals surface area contributed by atoms with Crippen molar-refractivity contribution in [2.24, 2.45) is 11.8 Å². The van der Waals surface area contributed by atoms with E-state index in [1.54, 1.807) is 0 Å². The minimum absolute atomic E-state index is 0.0564. The number of fused-ring (bicyclic) bond motifs is 3. The second kappa shape index (κ2) is 13.0. The maximum Gasteiger partial charge on any atom is 0.407 e. The van der Waals surface area contributed by atoms with E-state index < -0.39 is 12.1 Å². The second-order valence-corrected chi connectivity index (χ2v) is 14.4. The Morgan fingerprint density at radius 3 is 2.43 bits per heavy atom. The molecule has 1 aliphatic carbocycles. The number of ether oxygens (including phenoxy) is 1. The van der Waals surface area contributed by atoms with Crippen LogP contribution in [0, 0.1) is 11.8 Å². The number of aromatic amines is 2. The standard InChI is InChI=1S/C39H45N7O3/c1-22(2)35(45-39(48)49-3)38(47)46-33-9-5-4-7-28(33)20-34(46)37-42-29-15-14-26(19-31(29)43-37)24-10-11-25-18-27(13-12-23(25)17-24)32-21-41-36(44-32)30-8-6-16-40-30/h10-15,17-19,21-22,28,30,33-35,40H,4-9,16,20H2,1-3H3,(H,41,44)(H,42,43)(H,45,48)/t28-,30-,33-,34-,35-/m0/s1. The Labute approximate surface area is 286 Å². The van der Waals surface area contributed by atoms with Gasteiger partial charge in [0, 0.05) is 11.6 Å². The number of nitrogens with zero attached hydrogens (tertiary/aromatic N) is 3. The first kappa shape index (κ1) is 31.6. The van der Waals surface area contributed by atoms with Gasteiger partial charge in [-0.1, -0.05) is 57.0 Å². The quantitative estimate of drug-likeness (QED) is 0.144. The second-order valence-electron chi connectivity index (χ2n) is 14.4. The minimum Gasteiger partial charge on any atom is -0.453 e. The lowest BCUT2D eigenvalue weighted by molar-refractivity contribution is -0.138. The summed E-state index contributed by atoms with van der Waals surface area (Å²) < 4.78 is 4.87. The number of aromatic nitrogens is 4. The smallest absolute Gasteiger partial charge is 0.407 e. The van der Waals surface area contributed by atoms with Crippen LogP contribution in [0.4, 0.5) is 4.79 Å². The number of hydrogen-bond acceptors (Lipinski definition) is 6. The minimum atomic E-state index is -0.665. The maximum absolute atomic E-state index is 14.2. The fourth-order valence-corrected chi connectivity index (χ4v) is 8.42. The Morgan fingerprint density at radius 1 is 0.898 bits per heavy atom. The number of likely N-dealkylation sites (tertiary alicyclic amines) is 1. The Bertz CT molecular complexity index is 2010. The van der Waals surface area contributed by atoms with Gasteiger partial charge < -0.3 is 30.2 Å². The van der Waals surface area contributed by atoms with E-state index in [0.717, 1.165) is 83.7 Å². The number of rotatable bonds is 7. The van der Waals surface area contributed by atoms with Gasteiger partial charge in [0.05, 0.1) is 42.1 Å². The van der Waals surface area contributed by atoms with Crippen LogP contribution in [0.15, 0.2) is 60.8 Å². The molecule has 8 rings (SSSR count). The molecule has 3 aromatic carbocycles. The monoisotopic (exact) mass is 659 g/mol. The molecule has 0 bridgehead atoms. The molecule has 49 heavy (non-hydrogen) atoms. The molecule has 10 heteroatoms. The van der Waals surface area contributed by atoms with E-state index in [2.05, 4.69) is 80.2 Å². The van der Waals surface area contributed by atoms with Gasteiger partial charge in [0.15, 0.2) is 0 Å². The summed E-state index contributed by atoms with van der Waals surface area (Å²) in [6.45, 7) is 4.96. The lowest BCUT2D eigenvalue weighted by Gasteiger charge is -2.36.